The van der Waals surface area contributed by atoms with Gasteiger partial charge in [0.25, 0.3) is 0 Å². The lowest BCUT2D eigenvalue weighted by atomic mass is 10.1. The van der Waals surface area contributed by atoms with E-state index in [1.807, 2.05) is 19.1 Å². The van der Waals surface area contributed by atoms with Gasteiger partial charge in [0.1, 0.15) is 0 Å². The molecule has 0 radical (unpaired) electrons. The third-order valence-electron chi connectivity index (χ3n) is 1.95. The minimum atomic E-state index is 0.122. The fourth-order valence-corrected chi connectivity index (χ4v) is 1.41. The zero-order valence-corrected chi connectivity index (χ0v) is 9.30. The summed E-state index contributed by atoms with van der Waals surface area (Å²) in [6, 6.07) is 3.89. The molecule has 76 valence electrons. The zero-order chi connectivity index (χ0) is 10.6. The highest BCUT2D eigenvalue weighted by Crippen LogP contribution is 2.18. The van der Waals surface area contributed by atoms with Crippen molar-refractivity contribution in [2.45, 2.75) is 19.9 Å². The molecule has 0 amide bonds. The molecule has 1 aromatic heterocycles. The molecule has 1 unspecified atom stereocenters. The summed E-state index contributed by atoms with van der Waals surface area (Å²) in [5.74, 6) is 0. The van der Waals surface area contributed by atoms with Gasteiger partial charge < -0.3 is 5.32 Å². The van der Waals surface area contributed by atoms with E-state index < -0.39 is 0 Å². The molecule has 2 nitrogen and oxygen atoms in total. The average Bonchev–Trinajstić information content (AvgIpc) is 2.15. The molecular weight excluding hydrogens is 196 g/mol. The van der Waals surface area contributed by atoms with Gasteiger partial charge in [-0.15, -0.1) is 0 Å². The largest absolute Gasteiger partial charge is 0.306 e. The molecule has 0 saturated heterocycles. The third-order valence-corrected chi connectivity index (χ3v) is 2.17. The fraction of sp³-hybridized carbons (Fsp3) is 0.364. The Hall–Kier alpha value is -0.860. The van der Waals surface area contributed by atoms with Crippen LogP contribution in [0.1, 0.15) is 25.6 Å². The van der Waals surface area contributed by atoms with Crippen LogP contribution in [0.5, 0.6) is 0 Å². The zero-order valence-electron chi connectivity index (χ0n) is 8.55. The first kappa shape index (κ1) is 11.2. The highest BCUT2D eigenvalue weighted by atomic mass is 35.5. The van der Waals surface area contributed by atoms with Crippen molar-refractivity contribution in [2.24, 2.45) is 0 Å². The van der Waals surface area contributed by atoms with Gasteiger partial charge in [-0.05, 0) is 25.6 Å². The number of pyridine rings is 1. The highest BCUT2D eigenvalue weighted by Gasteiger charge is 2.11. The monoisotopic (exact) mass is 210 g/mol. The molecule has 14 heavy (non-hydrogen) atoms. The minimum absolute atomic E-state index is 0.122. The van der Waals surface area contributed by atoms with Crippen LogP contribution in [0.15, 0.2) is 30.5 Å². The van der Waals surface area contributed by atoms with E-state index in [9.17, 15) is 0 Å². The van der Waals surface area contributed by atoms with Gasteiger partial charge >= 0.3 is 0 Å². The Morgan fingerprint density at radius 1 is 1.64 bits per heavy atom. The van der Waals surface area contributed by atoms with Crippen molar-refractivity contribution >= 4 is 11.6 Å². The predicted molar refractivity (Wildman–Crippen MR) is 60.5 cm³/mol. The minimum Gasteiger partial charge on any atom is -0.306 e. The number of rotatable bonds is 4. The number of nitrogens with zero attached hydrogens (tertiary/aromatic N) is 1. The molecule has 0 saturated carbocycles. The molecule has 0 aromatic carbocycles. The van der Waals surface area contributed by atoms with Gasteiger partial charge in [-0.2, -0.15) is 0 Å². The van der Waals surface area contributed by atoms with Crippen LogP contribution in [-0.4, -0.2) is 11.5 Å². The Morgan fingerprint density at radius 2 is 2.36 bits per heavy atom. The standard InChI is InChI=1S/C11H15ClN2/c1-4-13-11(8(2)3)10-6-5-9(12)7-14-10/h5-7,11,13H,2,4H2,1,3H3. The Bertz CT molecular complexity index is 306. The van der Waals surface area contributed by atoms with E-state index in [-0.39, 0.29) is 6.04 Å². The van der Waals surface area contributed by atoms with Gasteiger partial charge in [-0.3, -0.25) is 4.98 Å². The average molecular weight is 211 g/mol. The van der Waals surface area contributed by atoms with Crippen LogP contribution < -0.4 is 5.32 Å². The first-order valence-corrected chi connectivity index (χ1v) is 5.03. The first-order valence-electron chi connectivity index (χ1n) is 4.65. The summed E-state index contributed by atoms with van der Waals surface area (Å²) in [6.45, 7) is 8.88. The van der Waals surface area contributed by atoms with E-state index in [1.165, 1.54) is 0 Å². The van der Waals surface area contributed by atoms with Gasteiger partial charge in [-0.25, -0.2) is 0 Å². The van der Waals surface area contributed by atoms with Crippen LogP contribution in [0.4, 0.5) is 0 Å². The molecule has 1 atom stereocenters. The van der Waals surface area contributed by atoms with Gasteiger partial charge in [0.15, 0.2) is 0 Å². The van der Waals surface area contributed by atoms with Crippen molar-refractivity contribution < 1.29 is 0 Å². The maximum Gasteiger partial charge on any atom is 0.0705 e. The number of likely N-dealkylation sites (N-methyl/N-ethyl adjacent to an activating group) is 1. The van der Waals surface area contributed by atoms with E-state index in [2.05, 4.69) is 23.8 Å². The second-order valence-corrected chi connectivity index (χ2v) is 3.67. The summed E-state index contributed by atoms with van der Waals surface area (Å²) < 4.78 is 0. The van der Waals surface area contributed by atoms with E-state index in [4.69, 9.17) is 11.6 Å². The van der Waals surface area contributed by atoms with E-state index in [0.717, 1.165) is 17.8 Å². The van der Waals surface area contributed by atoms with Crippen molar-refractivity contribution in [1.29, 1.82) is 0 Å². The summed E-state index contributed by atoms with van der Waals surface area (Å²) in [7, 11) is 0. The number of halogens is 1. The van der Waals surface area contributed by atoms with Crippen LogP contribution in [0, 0.1) is 0 Å². The van der Waals surface area contributed by atoms with E-state index in [1.54, 1.807) is 6.20 Å². The summed E-state index contributed by atoms with van der Waals surface area (Å²) in [5.41, 5.74) is 2.02. The summed E-state index contributed by atoms with van der Waals surface area (Å²) in [5, 5.41) is 3.97. The molecule has 1 rings (SSSR count). The van der Waals surface area contributed by atoms with Crippen LogP contribution in [0.2, 0.25) is 5.02 Å². The van der Waals surface area contributed by atoms with Crippen molar-refractivity contribution in [1.82, 2.24) is 10.3 Å². The molecule has 0 fully saturated rings. The van der Waals surface area contributed by atoms with Crippen molar-refractivity contribution in [2.75, 3.05) is 6.54 Å². The Morgan fingerprint density at radius 3 is 2.79 bits per heavy atom. The van der Waals surface area contributed by atoms with Crippen LogP contribution in [0.25, 0.3) is 0 Å². The lowest BCUT2D eigenvalue weighted by Crippen LogP contribution is -2.22. The smallest absolute Gasteiger partial charge is 0.0705 e. The molecule has 1 aromatic rings. The maximum absolute atomic E-state index is 5.77. The lowest BCUT2D eigenvalue weighted by Gasteiger charge is -2.17. The van der Waals surface area contributed by atoms with Gasteiger partial charge in [-0.1, -0.05) is 30.7 Å². The quantitative estimate of drug-likeness (QED) is 0.773. The van der Waals surface area contributed by atoms with Crippen molar-refractivity contribution in [3.63, 3.8) is 0 Å². The van der Waals surface area contributed by atoms with Crippen LogP contribution in [-0.2, 0) is 0 Å². The molecule has 1 N–H and O–H groups in total. The van der Waals surface area contributed by atoms with Crippen molar-refractivity contribution in [3.05, 3.63) is 41.2 Å². The second-order valence-electron chi connectivity index (χ2n) is 3.24. The molecular formula is C11H15ClN2. The van der Waals surface area contributed by atoms with Gasteiger partial charge in [0.2, 0.25) is 0 Å². The number of nitrogens with one attached hydrogen (secondary N) is 1. The highest BCUT2D eigenvalue weighted by molar-refractivity contribution is 6.30. The molecule has 0 aliphatic heterocycles. The summed E-state index contributed by atoms with van der Waals surface area (Å²) >= 11 is 5.77. The first-order chi connectivity index (χ1) is 6.65. The lowest BCUT2D eigenvalue weighted by molar-refractivity contribution is 0.607. The fourth-order valence-electron chi connectivity index (χ4n) is 1.29. The number of hydrogen-bond acceptors (Lipinski definition) is 2. The SMILES string of the molecule is C=C(C)C(NCC)c1ccc(Cl)cn1. The maximum atomic E-state index is 5.77. The molecule has 0 aliphatic rings. The Labute approximate surface area is 90.0 Å². The second kappa shape index (κ2) is 5.13. The van der Waals surface area contributed by atoms with E-state index >= 15 is 0 Å². The van der Waals surface area contributed by atoms with Gasteiger partial charge in [0.05, 0.1) is 16.8 Å². The normalized spacial score (nSPS) is 12.5. The number of aromatic nitrogens is 1. The molecule has 0 bridgehead atoms. The van der Waals surface area contributed by atoms with Crippen molar-refractivity contribution in [3.8, 4) is 0 Å². The molecule has 3 heteroatoms. The van der Waals surface area contributed by atoms with Crippen LogP contribution in [0.3, 0.4) is 0 Å². The summed E-state index contributed by atoms with van der Waals surface area (Å²) in [4.78, 5) is 4.26. The Kier molecular flexibility index (Phi) is 4.11. The number of hydrogen-bond donors (Lipinski definition) is 1. The summed E-state index contributed by atoms with van der Waals surface area (Å²) in [6.07, 6.45) is 1.66. The molecule has 0 aliphatic carbocycles. The van der Waals surface area contributed by atoms with Gasteiger partial charge in [0, 0.05) is 6.20 Å². The molecule has 1 heterocycles. The third kappa shape index (κ3) is 2.82. The predicted octanol–water partition coefficient (Wildman–Crippen LogP) is 2.96. The molecule has 0 spiro atoms. The van der Waals surface area contributed by atoms with Crippen LogP contribution >= 0.6 is 11.6 Å². The van der Waals surface area contributed by atoms with E-state index in [0.29, 0.717) is 5.02 Å². The topological polar surface area (TPSA) is 24.9 Å². The Balaban J connectivity index is 2.87.